The first-order valence-electron chi connectivity index (χ1n) is 9.72. The van der Waals surface area contributed by atoms with E-state index in [9.17, 15) is 14.4 Å². The molecular formula is C24H28O5. The van der Waals surface area contributed by atoms with Crippen molar-refractivity contribution in [2.75, 3.05) is 13.2 Å². The van der Waals surface area contributed by atoms with E-state index in [1.165, 1.54) is 0 Å². The second kappa shape index (κ2) is 10.0. The standard InChI is InChI=1S/C24H28O5/c1-15-11-16(2)21(17(3)12-15)22(25)24(27)29-14-19(5)18(4)13-28-23(26)20-9-7-6-8-10-20/h6-12,18-19H,13-14H2,1-5H3. The lowest BCUT2D eigenvalue weighted by Crippen LogP contribution is -2.26. The summed E-state index contributed by atoms with van der Waals surface area (Å²) in [5.74, 6) is -1.98. The van der Waals surface area contributed by atoms with E-state index >= 15 is 0 Å². The van der Waals surface area contributed by atoms with Crippen LogP contribution in [0.1, 0.15) is 51.3 Å². The van der Waals surface area contributed by atoms with Gasteiger partial charge in [-0.25, -0.2) is 9.59 Å². The van der Waals surface area contributed by atoms with Crippen LogP contribution >= 0.6 is 0 Å². The normalized spacial score (nSPS) is 12.7. The van der Waals surface area contributed by atoms with Gasteiger partial charge in [0.15, 0.2) is 0 Å². The van der Waals surface area contributed by atoms with Crippen LogP contribution in [0.4, 0.5) is 0 Å². The number of hydrogen-bond donors (Lipinski definition) is 0. The first-order chi connectivity index (χ1) is 13.7. The number of carbonyl (C=O) groups excluding carboxylic acids is 3. The van der Waals surface area contributed by atoms with Gasteiger partial charge in [-0.1, -0.05) is 49.7 Å². The van der Waals surface area contributed by atoms with Gasteiger partial charge in [0.05, 0.1) is 18.8 Å². The van der Waals surface area contributed by atoms with E-state index in [0.29, 0.717) is 11.1 Å². The molecule has 0 heterocycles. The van der Waals surface area contributed by atoms with Gasteiger partial charge in [0.25, 0.3) is 5.78 Å². The molecular weight excluding hydrogens is 368 g/mol. The average Bonchev–Trinajstić information content (AvgIpc) is 2.69. The number of ketones is 1. The maximum absolute atomic E-state index is 12.5. The number of Topliss-reactive ketones (excluding diaryl/α,β-unsaturated/α-hetero) is 1. The van der Waals surface area contributed by atoms with E-state index < -0.39 is 11.8 Å². The van der Waals surface area contributed by atoms with Crippen molar-refractivity contribution >= 4 is 17.7 Å². The lowest BCUT2D eigenvalue weighted by molar-refractivity contribution is -0.139. The maximum Gasteiger partial charge on any atom is 0.379 e. The summed E-state index contributed by atoms with van der Waals surface area (Å²) in [7, 11) is 0. The highest BCUT2D eigenvalue weighted by Crippen LogP contribution is 2.18. The molecule has 154 valence electrons. The molecule has 0 aliphatic rings. The molecule has 0 saturated heterocycles. The Labute approximate surface area is 172 Å². The van der Waals surface area contributed by atoms with E-state index in [1.54, 1.807) is 24.3 Å². The molecule has 5 nitrogen and oxygen atoms in total. The third kappa shape index (κ3) is 6.01. The first-order valence-corrected chi connectivity index (χ1v) is 9.72. The number of aryl methyl sites for hydroxylation is 3. The summed E-state index contributed by atoms with van der Waals surface area (Å²) >= 11 is 0. The summed E-state index contributed by atoms with van der Waals surface area (Å²) in [6.07, 6.45) is 0. The van der Waals surface area contributed by atoms with Crippen molar-refractivity contribution in [1.82, 2.24) is 0 Å². The van der Waals surface area contributed by atoms with Crippen LogP contribution in [0.15, 0.2) is 42.5 Å². The van der Waals surface area contributed by atoms with Gasteiger partial charge in [0.1, 0.15) is 0 Å². The average molecular weight is 396 g/mol. The molecule has 0 amide bonds. The van der Waals surface area contributed by atoms with E-state index in [2.05, 4.69) is 0 Å². The molecule has 0 N–H and O–H groups in total. The number of hydrogen-bond acceptors (Lipinski definition) is 5. The van der Waals surface area contributed by atoms with Gasteiger partial charge in [0.2, 0.25) is 0 Å². The quantitative estimate of drug-likeness (QED) is 0.374. The predicted octanol–water partition coefficient (Wildman–Crippen LogP) is 4.47. The zero-order valence-corrected chi connectivity index (χ0v) is 17.7. The largest absolute Gasteiger partial charge is 0.462 e. The lowest BCUT2D eigenvalue weighted by Gasteiger charge is -2.19. The molecule has 0 bridgehead atoms. The summed E-state index contributed by atoms with van der Waals surface area (Å²) in [5.41, 5.74) is 3.46. The Morgan fingerprint density at radius 3 is 1.90 bits per heavy atom. The first kappa shape index (κ1) is 22.3. The number of carbonyl (C=O) groups is 3. The molecule has 2 rings (SSSR count). The summed E-state index contributed by atoms with van der Waals surface area (Å²) in [5, 5.41) is 0. The van der Waals surface area contributed by atoms with Gasteiger partial charge in [-0.15, -0.1) is 0 Å². The Balaban J connectivity index is 1.86. The molecule has 2 aromatic carbocycles. The summed E-state index contributed by atoms with van der Waals surface area (Å²) < 4.78 is 10.6. The minimum atomic E-state index is -0.861. The minimum absolute atomic E-state index is 0.0339. The third-order valence-electron chi connectivity index (χ3n) is 5.03. The zero-order valence-electron chi connectivity index (χ0n) is 17.7. The molecule has 0 spiro atoms. The Hall–Kier alpha value is -2.95. The fraction of sp³-hybridized carbons (Fsp3) is 0.375. The SMILES string of the molecule is Cc1cc(C)c(C(=O)C(=O)OCC(C)C(C)COC(=O)c2ccccc2)c(C)c1. The second-order valence-corrected chi connectivity index (χ2v) is 7.62. The van der Waals surface area contributed by atoms with E-state index in [-0.39, 0.29) is 31.0 Å². The summed E-state index contributed by atoms with van der Waals surface area (Å²) in [6.45, 7) is 9.65. The molecule has 2 atom stereocenters. The Morgan fingerprint density at radius 1 is 0.828 bits per heavy atom. The van der Waals surface area contributed by atoms with Crippen LogP contribution in [0.25, 0.3) is 0 Å². The predicted molar refractivity (Wildman–Crippen MR) is 111 cm³/mol. The molecule has 5 heteroatoms. The molecule has 29 heavy (non-hydrogen) atoms. The number of ether oxygens (including phenoxy) is 2. The topological polar surface area (TPSA) is 69.7 Å². The monoisotopic (exact) mass is 396 g/mol. The molecule has 0 radical (unpaired) electrons. The third-order valence-corrected chi connectivity index (χ3v) is 5.03. The van der Waals surface area contributed by atoms with Crippen LogP contribution in [0.2, 0.25) is 0 Å². The molecule has 0 aliphatic carbocycles. The summed E-state index contributed by atoms with van der Waals surface area (Å²) in [6, 6.07) is 12.5. The van der Waals surface area contributed by atoms with Gasteiger partial charge < -0.3 is 9.47 Å². The van der Waals surface area contributed by atoms with Crippen molar-refractivity contribution in [3.63, 3.8) is 0 Å². The Morgan fingerprint density at radius 2 is 1.34 bits per heavy atom. The maximum atomic E-state index is 12.5. The van der Waals surface area contributed by atoms with Crippen LogP contribution in [0, 0.1) is 32.6 Å². The number of benzene rings is 2. The van der Waals surface area contributed by atoms with Crippen molar-refractivity contribution < 1.29 is 23.9 Å². The molecule has 2 unspecified atom stereocenters. The second-order valence-electron chi connectivity index (χ2n) is 7.62. The lowest BCUT2D eigenvalue weighted by atomic mass is 9.96. The van der Waals surface area contributed by atoms with Crippen LogP contribution in [-0.2, 0) is 14.3 Å². The van der Waals surface area contributed by atoms with E-state index in [0.717, 1.165) is 16.7 Å². The van der Waals surface area contributed by atoms with E-state index in [1.807, 2.05) is 52.8 Å². The molecule has 0 fully saturated rings. The molecule has 2 aromatic rings. The smallest absolute Gasteiger partial charge is 0.379 e. The van der Waals surface area contributed by atoms with Crippen molar-refractivity contribution in [3.05, 3.63) is 70.3 Å². The minimum Gasteiger partial charge on any atom is -0.462 e. The van der Waals surface area contributed by atoms with E-state index in [4.69, 9.17) is 9.47 Å². The van der Waals surface area contributed by atoms with Gasteiger partial charge in [0, 0.05) is 5.56 Å². The fourth-order valence-corrected chi connectivity index (χ4v) is 3.11. The Bertz CT molecular complexity index is 862. The van der Waals surface area contributed by atoms with Gasteiger partial charge in [-0.2, -0.15) is 0 Å². The van der Waals surface area contributed by atoms with Crippen molar-refractivity contribution in [2.24, 2.45) is 11.8 Å². The van der Waals surface area contributed by atoms with Gasteiger partial charge >= 0.3 is 11.9 Å². The Kier molecular flexibility index (Phi) is 7.71. The van der Waals surface area contributed by atoms with Crippen LogP contribution in [-0.4, -0.2) is 30.9 Å². The highest BCUT2D eigenvalue weighted by Gasteiger charge is 2.24. The summed E-state index contributed by atoms with van der Waals surface area (Å²) in [4.78, 5) is 36.8. The highest BCUT2D eigenvalue weighted by atomic mass is 16.5. The number of rotatable bonds is 8. The van der Waals surface area contributed by atoms with Crippen LogP contribution < -0.4 is 0 Å². The number of esters is 2. The van der Waals surface area contributed by atoms with Gasteiger partial charge in [-0.05, 0) is 55.9 Å². The van der Waals surface area contributed by atoms with Crippen molar-refractivity contribution in [2.45, 2.75) is 34.6 Å². The van der Waals surface area contributed by atoms with Crippen LogP contribution in [0.3, 0.4) is 0 Å². The van der Waals surface area contributed by atoms with Crippen molar-refractivity contribution in [1.29, 1.82) is 0 Å². The van der Waals surface area contributed by atoms with Crippen molar-refractivity contribution in [3.8, 4) is 0 Å². The highest BCUT2D eigenvalue weighted by molar-refractivity contribution is 6.41. The molecule has 0 aliphatic heterocycles. The fourth-order valence-electron chi connectivity index (χ4n) is 3.11. The van der Waals surface area contributed by atoms with Crippen LogP contribution in [0.5, 0.6) is 0 Å². The zero-order chi connectivity index (χ0) is 21.6. The van der Waals surface area contributed by atoms with Gasteiger partial charge in [-0.3, -0.25) is 4.79 Å². The molecule has 0 saturated carbocycles. The molecule has 0 aromatic heterocycles.